The summed E-state index contributed by atoms with van der Waals surface area (Å²) in [5.41, 5.74) is 2.42. The number of nitrogens with zero attached hydrogens (tertiary/aromatic N) is 5. The topological polar surface area (TPSA) is 85.6 Å². The van der Waals surface area contributed by atoms with Gasteiger partial charge in [0.05, 0.1) is 11.4 Å². The van der Waals surface area contributed by atoms with Crippen molar-refractivity contribution < 1.29 is 4.79 Å². The van der Waals surface area contributed by atoms with Crippen LogP contribution in [-0.2, 0) is 12.8 Å². The molecule has 0 radical (unpaired) electrons. The second-order valence-corrected chi connectivity index (χ2v) is 6.44. The van der Waals surface area contributed by atoms with E-state index in [9.17, 15) is 4.79 Å². The average Bonchev–Trinajstić information content (AvgIpc) is 3.24. The van der Waals surface area contributed by atoms with E-state index in [1.165, 1.54) is 28.7 Å². The van der Waals surface area contributed by atoms with Crippen LogP contribution < -0.4 is 5.32 Å². The first-order valence-electron chi connectivity index (χ1n) is 7.43. The first-order valence-corrected chi connectivity index (χ1v) is 8.24. The summed E-state index contributed by atoms with van der Waals surface area (Å²) in [5.74, 6) is -0.175. The standard InChI is InChI=1S/C15H14N6OS/c22-14(18-15-17-12-6-1-2-7-13(12)23-15)10-4-3-5-11(8-10)21-9-16-19-20-21/h3-5,8-9H,1-2,6-7H2,(H,17,18,22). The van der Waals surface area contributed by atoms with Gasteiger partial charge in [-0.1, -0.05) is 6.07 Å². The van der Waals surface area contributed by atoms with Crippen molar-refractivity contribution in [2.24, 2.45) is 0 Å². The molecule has 8 heteroatoms. The Balaban J connectivity index is 1.55. The summed E-state index contributed by atoms with van der Waals surface area (Å²) in [7, 11) is 0. The molecule has 0 spiro atoms. The van der Waals surface area contributed by atoms with E-state index in [0.717, 1.165) is 24.2 Å². The molecule has 1 aliphatic carbocycles. The minimum atomic E-state index is -0.175. The third kappa shape index (κ3) is 2.85. The molecule has 23 heavy (non-hydrogen) atoms. The maximum absolute atomic E-state index is 12.4. The maximum atomic E-state index is 12.4. The molecule has 0 saturated carbocycles. The van der Waals surface area contributed by atoms with Gasteiger partial charge < -0.3 is 0 Å². The molecule has 2 heterocycles. The van der Waals surface area contributed by atoms with Crippen LogP contribution in [0.25, 0.3) is 5.69 Å². The molecule has 0 fully saturated rings. The van der Waals surface area contributed by atoms with E-state index >= 15 is 0 Å². The maximum Gasteiger partial charge on any atom is 0.257 e. The molecular weight excluding hydrogens is 312 g/mol. The summed E-state index contributed by atoms with van der Waals surface area (Å²) in [5, 5.41) is 14.6. The van der Waals surface area contributed by atoms with Gasteiger partial charge in [0.15, 0.2) is 5.13 Å². The van der Waals surface area contributed by atoms with Crippen molar-refractivity contribution in [2.45, 2.75) is 25.7 Å². The third-order valence-electron chi connectivity index (χ3n) is 3.79. The summed E-state index contributed by atoms with van der Waals surface area (Å²) >= 11 is 1.58. The molecule has 4 rings (SSSR count). The lowest BCUT2D eigenvalue weighted by atomic mass is 10.0. The molecule has 0 aliphatic heterocycles. The fourth-order valence-corrected chi connectivity index (χ4v) is 3.69. The van der Waals surface area contributed by atoms with Crippen molar-refractivity contribution in [1.29, 1.82) is 0 Å². The largest absolute Gasteiger partial charge is 0.298 e. The van der Waals surface area contributed by atoms with Gasteiger partial charge in [-0.15, -0.1) is 16.4 Å². The van der Waals surface area contributed by atoms with Crippen LogP contribution in [0.15, 0.2) is 30.6 Å². The quantitative estimate of drug-likeness (QED) is 0.798. The first-order chi connectivity index (χ1) is 11.3. The number of carbonyl (C=O) groups excluding carboxylic acids is 1. The van der Waals surface area contributed by atoms with Crippen LogP contribution in [0.3, 0.4) is 0 Å². The number of carbonyl (C=O) groups is 1. The smallest absolute Gasteiger partial charge is 0.257 e. The number of thiazole rings is 1. The number of rotatable bonds is 3. The van der Waals surface area contributed by atoms with Gasteiger partial charge in [-0.25, -0.2) is 9.67 Å². The van der Waals surface area contributed by atoms with Gasteiger partial charge in [0.1, 0.15) is 6.33 Å². The van der Waals surface area contributed by atoms with Crippen LogP contribution in [0.1, 0.15) is 33.8 Å². The number of nitrogens with one attached hydrogen (secondary N) is 1. The third-order valence-corrected chi connectivity index (χ3v) is 4.86. The molecule has 3 aromatic rings. The molecular formula is C15H14N6OS. The highest BCUT2D eigenvalue weighted by Crippen LogP contribution is 2.29. The molecule has 7 nitrogen and oxygen atoms in total. The Morgan fingerprint density at radius 2 is 2.17 bits per heavy atom. The lowest BCUT2D eigenvalue weighted by Gasteiger charge is -2.06. The zero-order valence-electron chi connectivity index (χ0n) is 12.3. The zero-order chi connectivity index (χ0) is 15.6. The van der Waals surface area contributed by atoms with E-state index in [4.69, 9.17) is 0 Å². The Kier molecular flexibility index (Phi) is 3.58. The number of amides is 1. The molecule has 0 bridgehead atoms. The van der Waals surface area contributed by atoms with E-state index in [1.807, 2.05) is 6.07 Å². The lowest BCUT2D eigenvalue weighted by Crippen LogP contribution is -2.12. The van der Waals surface area contributed by atoms with Crippen LogP contribution in [0.5, 0.6) is 0 Å². The number of aromatic nitrogens is 5. The van der Waals surface area contributed by atoms with Crippen molar-refractivity contribution in [2.75, 3.05) is 5.32 Å². The number of hydrogen-bond acceptors (Lipinski definition) is 6. The summed E-state index contributed by atoms with van der Waals surface area (Å²) < 4.78 is 1.51. The second kappa shape index (κ2) is 5.88. The summed E-state index contributed by atoms with van der Waals surface area (Å²) in [6.45, 7) is 0. The van der Waals surface area contributed by atoms with Crippen LogP contribution in [0, 0.1) is 0 Å². The van der Waals surface area contributed by atoms with Crippen molar-refractivity contribution in [1.82, 2.24) is 25.2 Å². The van der Waals surface area contributed by atoms with Crippen LogP contribution in [0.2, 0.25) is 0 Å². The second-order valence-electron chi connectivity index (χ2n) is 5.35. The highest BCUT2D eigenvalue weighted by atomic mass is 32.1. The number of benzene rings is 1. The van der Waals surface area contributed by atoms with Gasteiger partial charge in [0, 0.05) is 10.4 Å². The van der Waals surface area contributed by atoms with Crippen LogP contribution in [-0.4, -0.2) is 31.1 Å². The summed E-state index contributed by atoms with van der Waals surface area (Å²) in [4.78, 5) is 18.3. The summed E-state index contributed by atoms with van der Waals surface area (Å²) in [6, 6.07) is 7.16. The number of fused-ring (bicyclic) bond motifs is 1. The highest BCUT2D eigenvalue weighted by molar-refractivity contribution is 7.15. The summed E-state index contributed by atoms with van der Waals surface area (Å²) in [6.07, 6.45) is 5.95. The molecule has 116 valence electrons. The zero-order valence-corrected chi connectivity index (χ0v) is 13.1. The predicted molar refractivity (Wildman–Crippen MR) is 85.9 cm³/mol. The van der Waals surface area contributed by atoms with E-state index in [0.29, 0.717) is 10.7 Å². The molecule has 2 aromatic heterocycles. The SMILES string of the molecule is O=C(Nc1nc2c(s1)CCCC2)c1cccc(-n2cnnn2)c1. The highest BCUT2D eigenvalue weighted by Gasteiger charge is 2.17. The van der Waals surface area contributed by atoms with Crippen molar-refractivity contribution in [3.8, 4) is 5.69 Å². The Labute approximate surface area is 136 Å². The minimum Gasteiger partial charge on any atom is -0.298 e. The van der Waals surface area contributed by atoms with Gasteiger partial charge in [-0.3, -0.25) is 10.1 Å². The minimum absolute atomic E-state index is 0.175. The number of tetrazole rings is 1. The van der Waals surface area contributed by atoms with Crippen LogP contribution in [0.4, 0.5) is 5.13 Å². The van der Waals surface area contributed by atoms with Crippen LogP contribution >= 0.6 is 11.3 Å². The normalized spacial score (nSPS) is 13.6. The van der Waals surface area contributed by atoms with E-state index < -0.39 is 0 Å². The first kappa shape index (κ1) is 14.0. The molecule has 1 N–H and O–H groups in total. The Hall–Kier alpha value is -2.61. The molecule has 0 saturated heterocycles. The van der Waals surface area contributed by atoms with Gasteiger partial charge in [0.2, 0.25) is 0 Å². The molecule has 1 aliphatic rings. The van der Waals surface area contributed by atoms with Gasteiger partial charge in [-0.05, 0) is 54.3 Å². The molecule has 1 amide bonds. The van der Waals surface area contributed by atoms with Gasteiger partial charge in [0.25, 0.3) is 5.91 Å². The molecule has 0 unspecified atom stereocenters. The van der Waals surface area contributed by atoms with Crippen molar-refractivity contribution in [3.63, 3.8) is 0 Å². The van der Waals surface area contributed by atoms with Crippen molar-refractivity contribution in [3.05, 3.63) is 46.7 Å². The Morgan fingerprint density at radius 3 is 3.00 bits per heavy atom. The molecule has 0 atom stereocenters. The monoisotopic (exact) mass is 326 g/mol. The fraction of sp³-hybridized carbons (Fsp3) is 0.267. The number of hydrogen-bond donors (Lipinski definition) is 1. The number of aryl methyl sites for hydroxylation is 2. The van der Waals surface area contributed by atoms with E-state index in [2.05, 4.69) is 25.8 Å². The van der Waals surface area contributed by atoms with E-state index in [-0.39, 0.29) is 5.91 Å². The Morgan fingerprint density at radius 1 is 1.26 bits per heavy atom. The van der Waals surface area contributed by atoms with Gasteiger partial charge >= 0.3 is 0 Å². The van der Waals surface area contributed by atoms with E-state index in [1.54, 1.807) is 29.5 Å². The average molecular weight is 326 g/mol. The fourth-order valence-electron chi connectivity index (χ4n) is 2.64. The van der Waals surface area contributed by atoms with Gasteiger partial charge in [-0.2, -0.15) is 0 Å². The molecule has 1 aromatic carbocycles. The number of anilines is 1. The predicted octanol–water partition coefficient (Wildman–Crippen LogP) is 2.25. The lowest BCUT2D eigenvalue weighted by molar-refractivity contribution is 0.102. The van der Waals surface area contributed by atoms with Crippen molar-refractivity contribution >= 4 is 22.4 Å². The Bertz CT molecular complexity index is 818.